The summed E-state index contributed by atoms with van der Waals surface area (Å²) >= 11 is 0. The average Bonchev–Trinajstić information content (AvgIpc) is 1.73. The van der Waals surface area contributed by atoms with E-state index in [1.165, 1.54) is 10.8 Å². The molecule has 9 aromatic carbocycles. The Morgan fingerprint density at radius 3 is 1.20 bits per heavy atom. The number of halogens is 1. The van der Waals surface area contributed by atoms with Gasteiger partial charge in [0.15, 0.2) is 41.4 Å². The van der Waals surface area contributed by atoms with E-state index in [9.17, 15) is 14.9 Å². The molecule has 5 aromatic heterocycles. The predicted molar refractivity (Wildman–Crippen MR) is 357 cm³/mol. The topological polar surface area (TPSA) is 163 Å². The van der Waals surface area contributed by atoms with Crippen LogP contribution in [0.25, 0.3) is 72.0 Å². The van der Waals surface area contributed by atoms with Crippen molar-refractivity contribution in [2.45, 2.75) is 41.5 Å². The highest BCUT2D eigenvalue weighted by Crippen LogP contribution is 2.27. The fraction of sp³-hybridized carbons (Fsp3) is 0.143. The van der Waals surface area contributed by atoms with Gasteiger partial charge in [-0.05, 0) is 184 Å². The molecule has 0 atom stereocenters. The van der Waals surface area contributed by atoms with Crippen molar-refractivity contribution in [1.82, 2.24) is 23.4 Å². The number of fused-ring (bicyclic) bond motifs is 4. The Kier molecular flexibility index (Phi) is 18.7. The van der Waals surface area contributed by atoms with Crippen LogP contribution in [0.5, 0.6) is 0 Å². The molecule has 0 saturated heterocycles. The Labute approximate surface area is 540 Å². The van der Waals surface area contributed by atoms with Gasteiger partial charge in [-0.2, -0.15) is 26.3 Å². The van der Waals surface area contributed by atoms with E-state index in [-0.39, 0.29) is 5.82 Å². The first-order valence-electron chi connectivity index (χ1n) is 30.0. The van der Waals surface area contributed by atoms with Gasteiger partial charge in [0.05, 0.1) is 73.8 Å². The fourth-order valence-corrected chi connectivity index (χ4v) is 12.1. The van der Waals surface area contributed by atoms with Crippen molar-refractivity contribution in [3.8, 4) is 58.8 Å². The lowest BCUT2D eigenvalue weighted by atomic mass is 10.0. The number of aromatic nitrogens is 10. The molecule has 0 fully saturated rings. The monoisotopic (exact) mass is 1220 g/mol. The zero-order chi connectivity index (χ0) is 66.2. The van der Waals surface area contributed by atoms with Gasteiger partial charge in [-0.15, -0.1) is 46.8 Å². The van der Waals surface area contributed by atoms with Crippen molar-refractivity contribution >= 4 is 43.6 Å². The van der Waals surface area contributed by atoms with E-state index in [1.807, 2.05) is 244 Å². The lowest BCUT2D eigenvalue weighted by Crippen LogP contribution is -2.37. The SMILES string of the molecule is Cc1cc(C#N)cc(C#N)c1-n1c2ccccc2c[n+]1C.Cc1cc(C#N)ccc1-n1c2ccccc2c[n+]1C.Cc1cc(F)cc(C)c1-n1ccc[n+]1C.Cc1ccc(C#N)cc1-n1c2ccccc2c[n+]1C.Cc1cccc(C#N)c1-n1c2ccccc2c[n+]1C. The number of hydrogen-bond donors (Lipinski definition) is 0. The molecule has 93 heavy (non-hydrogen) atoms. The maximum absolute atomic E-state index is 13.1. The minimum Gasteiger partial charge on any atom is -0.207 e. The molecule has 0 aliphatic rings. The summed E-state index contributed by atoms with van der Waals surface area (Å²) < 4.78 is 33.6. The number of para-hydroxylation sites is 5. The standard InChI is InChI=1S/C17H13N4.3C16H14N3.C12H14FN2/c1-12-7-13(9-18)8-15(10-19)17(12)21-16-6-4-3-5-14(16)11-20(21)2;1-12-6-5-8-13(10-17)16(12)19-15-9-4-3-7-14(15)11-18(19)2;1-12-9-13(10-17)7-8-15(12)19-16-6-4-3-5-14(16)11-18(19)2;1-12-7-8-13(10-17)9-16(12)19-15-6-4-3-5-14(15)11-18(19)2;1-9-7-11(13)8-10(2)12(9)15-6-4-5-14(15)3/h3-8,11H,1-2H3;3*3-9,11H,1-2H3;4-8H,1-3H3/q5*+1. The van der Waals surface area contributed by atoms with Crippen LogP contribution >= 0.6 is 0 Å². The van der Waals surface area contributed by atoms with Crippen LogP contribution in [0.3, 0.4) is 0 Å². The number of nitriles is 5. The van der Waals surface area contributed by atoms with Crippen molar-refractivity contribution in [2.75, 3.05) is 0 Å². The summed E-state index contributed by atoms with van der Waals surface area (Å²) in [6.07, 6.45) is 12.2. The van der Waals surface area contributed by atoms with Crippen molar-refractivity contribution in [3.63, 3.8) is 0 Å². The van der Waals surface area contributed by atoms with Crippen molar-refractivity contribution in [3.05, 3.63) is 286 Å². The van der Waals surface area contributed by atoms with E-state index >= 15 is 0 Å². The van der Waals surface area contributed by atoms with Crippen LogP contribution in [-0.4, -0.2) is 23.4 Å². The molecule has 14 rings (SSSR count). The summed E-state index contributed by atoms with van der Waals surface area (Å²) in [5, 5.41) is 50.5. The third-order valence-corrected chi connectivity index (χ3v) is 16.2. The Balaban J connectivity index is 0.000000128. The van der Waals surface area contributed by atoms with Crippen molar-refractivity contribution in [1.29, 1.82) is 26.3 Å². The summed E-state index contributed by atoms with van der Waals surface area (Å²) in [5.74, 6) is -0.177. The fourth-order valence-electron chi connectivity index (χ4n) is 12.1. The van der Waals surface area contributed by atoms with Gasteiger partial charge in [-0.25, -0.2) is 4.39 Å². The van der Waals surface area contributed by atoms with Crippen molar-refractivity contribution in [2.24, 2.45) is 35.2 Å². The van der Waals surface area contributed by atoms with Gasteiger partial charge in [0.1, 0.15) is 68.5 Å². The summed E-state index contributed by atoms with van der Waals surface area (Å²) in [6, 6.07) is 69.6. The highest BCUT2D eigenvalue weighted by atomic mass is 19.1. The first-order valence-corrected chi connectivity index (χ1v) is 30.0. The van der Waals surface area contributed by atoms with Gasteiger partial charge < -0.3 is 0 Å². The van der Waals surface area contributed by atoms with Crippen LogP contribution < -0.4 is 23.4 Å². The molecule has 454 valence electrons. The third-order valence-electron chi connectivity index (χ3n) is 16.2. The molecule has 0 unspecified atom stereocenters. The molecule has 0 saturated carbocycles. The molecular formula is C77H69FN15+5. The van der Waals surface area contributed by atoms with Gasteiger partial charge in [0.25, 0.3) is 0 Å². The lowest BCUT2D eigenvalue weighted by Gasteiger charge is -2.08. The molecule has 0 radical (unpaired) electrons. The molecule has 0 N–H and O–H groups in total. The summed E-state index contributed by atoms with van der Waals surface area (Å²) in [6.45, 7) is 11.9. The van der Waals surface area contributed by atoms with E-state index < -0.39 is 0 Å². The Morgan fingerprint density at radius 1 is 0.323 bits per heavy atom. The number of aryl methyl sites for hydroxylation is 11. The van der Waals surface area contributed by atoms with Gasteiger partial charge >= 0.3 is 0 Å². The number of hydrogen-bond acceptors (Lipinski definition) is 5. The molecule has 14 aromatic rings. The summed E-state index contributed by atoms with van der Waals surface area (Å²) in [5.41, 5.74) is 18.6. The van der Waals surface area contributed by atoms with E-state index in [2.05, 4.69) is 111 Å². The van der Waals surface area contributed by atoms with Crippen molar-refractivity contribution < 1.29 is 27.8 Å². The highest BCUT2D eigenvalue weighted by Gasteiger charge is 2.23. The second kappa shape index (κ2) is 27.5. The molecule has 5 heterocycles. The zero-order valence-corrected chi connectivity index (χ0v) is 53.9. The van der Waals surface area contributed by atoms with Crippen LogP contribution in [-0.2, 0) is 35.2 Å². The molecular weight excluding hydrogens is 1150 g/mol. The molecule has 0 aliphatic heterocycles. The molecule has 0 bridgehead atoms. The zero-order valence-electron chi connectivity index (χ0n) is 53.9. The van der Waals surface area contributed by atoms with Gasteiger partial charge in [0.2, 0.25) is 24.8 Å². The minimum atomic E-state index is -0.177. The second-order valence-electron chi connectivity index (χ2n) is 22.8. The lowest BCUT2D eigenvalue weighted by molar-refractivity contribution is -0.744. The Hall–Kier alpha value is -12.6. The first kappa shape index (κ1) is 63.5. The second-order valence-corrected chi connectivity index (χ2v) is 22.8. The molecule has 16 heteroatoms. The average molecular weight is 1220 g/mol. The van der Waals surface area contributed by atoms with Crippen LogP contribution in [0.2, 0.25) is 0 Å². The smallest absolute Gasteiger partial charge is 0.203 e. The highest BCUT2D eigenvalue weighted by molar-refractivity contribution is 5.82. The van der Waals surface area contributed by atoms with Gasteiger partial charge in [-0.3, -0.25) is 0 Å². The van der Waals surface area contributed by atoms with Crippen LogP contribution in [0, 0.1) is 104 Å². The summed E-state index contributed by atoms with van der Waals surface area (Å²) in [4.78, 5) is 0. The van der Waals surface area contributed by atoms with E-state index in [0.717, 1.165) is 94.7 Å². The largest absolute Gasteiger partial charge is 0.207 e. The van der Waals surface area contributed by atoms with Gasteiger partial charge in [0, 0.05) is 6.07 Å². The van der Waals surface area contributed by atoms with Gasteiger partial charge in [-0.1, -0.05) is 66.7 Å². The minimum absolute atomic E-state index is 0.177. The third kappa shape index (κ3) is 13.0. The summed E-state index contributed by atoms with van der Waals surface area (Å²) in [7, 11) is 9.94. The van der Waals surface area contributed by atoms with E-state index in [0.29, 0.717) is 27.8 Å². The quantitative estimate of drug-likeness (QED) is 0.156. The van der Waals surface area contributed by atoms with Crippen LogP contribution in [0.1, 0.15) is 61.2 Å². The Bertz CT molecular complexity index is 5380. The number of nitrogens with zero attached hydrogens (tertiary/aromatic N) is 15. The van der Waals surface area contributed by atoms with E-state index in [1.54, 1.807) is 18.2 Å². The maximum Gasteiger partial charge on any atom is 0.203 e. The van der Waals surface area contributed by atoms with Crippen LogP contribution in [0.4, 0.5) is 4.39 Å². The molecule has 0 aliphatic carbocycles. The number of rotatable bonds is 5. The maximum atomic E-state index is 13.1. The Morgan fingerprint density at radius 2 is 0.742 bits per heavy atom. The van der Waals surface area contributed by atoms with Crippen LogP contribution in [0.15, 0.2) is 219 Å². The predicted octanol–water partition coefficient (Wildman–Crippen LogP) is 12.5. The normalized spacial score (nSPS) is 10.5. The first-order chi connectivity index (χ1) is 44.9. The molecule has 15 nitrogen and oxygen atoms in total. The van der Waals surface area contributed by atoms with E-state index in [4.69, 9.17) is 15.8 Å². The molecule has 0 spiro atoms. The molecule has 0 amide bonds. The number of benzene rings is 9.